The minimum absolute atomic E-state index is 0.0414. The molecular formula is C26H26N4O3S. The van der Waals surface area contributed by atoms with E-state index >= 15 is 0 Å². The number of rotatable bonds is 6. The van der Waals surface area contributed by atoms with Gasteiger partial charge in [0.05, 0.1) is 29.0 Å². The Morgan fingerprint density at radius 2 is 1.91 bits per heavy atom. The Balaban J connectivity index is 1.37. The predicted octanol–water partition coefficient (Wildman–Crippen LogP) is 5.98. The second-order valence-corrected chi connectivity index (χ2v) is 10.3. The number of nitrogens with one attached hydrogen (secondary N) is 2. The fourth-order valence-electron chi connectivity index (χ4n) is 4.43. The summed E-state index contributed by atoms with van der Waals surface area (Å²) in [6.45, 7) is 6.49. The van der Waals surface area contributed by atoms with E-state index in [-0.39, 0.29) is 16.0 Å². The van der Waals surface area contributed by atoms with Gasteiger partial charge in [0.1, 0.15) is 10.6 Å². The van der Waals surface area contributed by atoms with Crippen molar-refractivity contribution < 1.29 is 15.0 Å². The third-order valence-electron chi connectivity index (χ3n) is 6.46. The Labute approximate surface area is 201 Å². The second kappa shape index (κ2) is 8.22. The first kappa shape index (κ1) is 22.0. The number of anilines is 2. The summed E-state index contributed by atoms with van der Waals surface area (Å²) in [5, 5.41) is 24.6. The van der Waals surface area contributed by atoms with Gasteiger partial charge < -0.3 is 10.2 Å². The lowest BCUT2D eigenvalue weighted by Gasteiger charge is -2.19. The molecule has 1 aliphatic rings. The molecule has 2 aromatic heterocycles. The summed E-state index contributed by atoms with van der Waals surface area (Å²) in [7, 11) is 0. The van der Waals surface area contributed by atoms with E-state index in [0.717, 1.165) is 41.2 Å². The average molecular weight is 475 g/mol. The van der Waals surface area contributed by atoms with Crippen molar-refractivity contribution in [1.29, 1.82) is 0 Å². The van der Waals surface area contributed by atoms with Gasteiger partial charge in [0, 0.05) is 10.4 Å². The Kier molecular flexibility index (Phi) is 5.32. The van der Waals surface area contributed by atoms with Crippen molar-refractivity contribution >= 4 is 28.7 Å². The Bertz CT molecular complexity index is 1400. The lowest BCUT2D eigenvalue weighted by molar-refractivity contribution is 0.0702. The van der Waals surface area contributed by atoms with Crippen LogP contribution in [-0.2, 0) is 11.8 Å². The largest absolute Gasteiger partial charge is 0.505 e. The van der Waals surface area contributed by atoms with Crippen molar-refractivity contribution in [3.63, 3.8) is 0 Å². The highest BCUT2D eigenvalue weighted by Gasteiger charge is 2.30. The number of benzene rings is 2. The topological polar surface area (TPSA) is 99.4 Å². The van der Waals surface area contributed by atoms with Gasteiger partial charge in [0.25, 0.3) is 0 Å². The van der Waals surface area contributed by atoms with Gasteiger partial charge >= 0.3 is 5.97 Å². The van der Waals surface area contributed by atoms with Crippen molar-refractivity contribution in [2.75, 3.05) is 10.9 Å². The van der Waals surface area contributed by atoms with Crippen LogP contribution in [0, 0.1) is 6.92 Å². The van der Waals surface area contributed by atoms with Gasteiger partial charge in [-0.1, -0.05) is 26.0 Å². The van der Waals surface area contributed by atoms with E-state index in [9.17, 15) is 15.0 Å². The van der Waals surface area contributed by atoms with Crippen LogP contribution in [0.15, 0.2) is 54.7 Å². The third kappa shape index (κ3) is 3.90. The van der Waals surface area contributed by atoms with Crippen LogP contribution in [0.3, 0.4) is 0 Å². The highest BCUT2D eigenvalue weighted by atomic mass is 32.1. The molecule has 8 heteroatoms. The molecule has 0 saturated heterocycles. The molecule has 4 N–H and O–H groups in total. The number of carbonyl (C=O) groups is 1. The van der Waals surface area contributed by atoms with Gasteiger partial charge in [-0.15, -0.1) is 11.3 Å². The molecule has 5 rings (SSSR count). The van der Waals surface area contributed by atoms with Gasteiger partial charge in [-0.3, -0.25) is 10.9 Å². The van der Waals surface area contributed by atoms with Crippen LogP contribution in [0.2, 0.25) is 0 Å². The standard InChI is InChI=1S/C26H26N4O3S/c1-15-21(14-30(29-15)17-8-7-16-11-12-26(2,3)19(16)13-17)28-27-20-6-4-5-18(24(20)31)22-9-10-23(34-22)25(32)33/h4-10,13-14,27-28,31H,11-12H2,1-3H3,(H,32,33). The highest BCUT2D eigenvalue weighted by molar-refractivity contribution is 7.17. The lowest BCUT2D eigenvalue weighted by Crippen LogP contribution is -2.12. The number of aryl methyl sites for hydroxylation is 2. The fraction of sp³-hybridized carbons (Fsp3) is 0.231. The Morgan fingerprint density at radius 3 is 2.68 bits per heavy atom. The van der Waals surface area contributed by atoms with E-state index in [1.54, 1.807) is 18.2 Å². The molecule has 0 radical (unpaired) electrons. The number of para-hydroxylation sites is 1. The highest BCUT2D eigenvalue weighted by Crippen LogP contribution is 2.40. The number of thiophene rings is 1. The number of aromatic carboxylic acids is 1. The van der Waals surface area contributed by atoms with Gasteiger partial charge in [0.2, 0.25) is 0 Å². The van der Waals surface area contributed by atoms with Crippen LogP contribution >= 0.6 is 11.3 Å². The van der Waals surface area contributed by atoms with E-state index in [2.05, 4.69) is 48.0 Å². The molecule has 1 aliphatic carbocycles. The molecule has 4 aromatic rings. The molecule has 2 heterocycles. The third-order valence-corrected chi connectivity index (χ3v) is 7.56. The zero-order valence-corrected chi connectivity index (χ0v) is 20.0. The normalized spacial score (nSPS) is 14.1. The molecule has 174 valence electrons. The molecule has 0 aliphatic heterocycles. The summed E-state index contributed by atoms with van der Waals surface area (Å²) in [6, 6.07) is 15.1. The minimum Gasteiger partial charge on any atom is -0.505 e. The SMILES string of the molecule is Cc1nn(-c2ccc3c(c2)C(C)(C)CC3)cc1NNc1cccc(-c2ccc(C(=O)O)s2)c1O. The maximum Gasteiger partial charge on any atom is 0.345 e. The molecule has 0 atom stereocenters. The van der Waals surface area contributed by atoms with Crippen molar-refractivity contribution in [2.45, 2.75) is 39.0 Å². The summed E-state index contributed by atoms with van der Waals surface area (Å²) < 4.78 is 1.86. The maximum atomic E-state index is 11.2. The van der Waals surface area contributed by atoms with Gasteiger partial charge in [-0.25, -0.2) is 9.48 Å². The van der Waals surface area contributed by atoms with E-state index < -0.39 is 5.97 Å². The van der Waals surface area contributed by atoms with Gasteiger partial charge in [-0.05, 0) is 72.7 Å². The van der Waals surface area contributed by atoms with Gasteiger partial charge in [0.15, 0.2) is 0 Å². The summed E-state index contributed by atoms with van der Waals surface area (Å²) in [5.74, 6) is -0.939. The minimum atomic E-state index is -0.980. The number of aromatic hydroxyl groups is 1. The van der Waals surface area contributed by atoms with E-state index in [4.69, 9.17) is 0 Å². The molecule has 0 fully saturated rings. The molecule has 7 nitrogen and oxygen atoms in total. The Hall–Kier alpha value is -3.78. The summed E-state index contributed by atoms with van der Waals surface area (Å²) in [4.78, 5) is 12.1. The van der Waals surface area contributed by atoms with Gasteiger partial charge in [-0.2, -0.15) is 5.10 Å². The summed E-state index contributed by atoms with van der Waals surface area (Å²) >= 11 is 1.12. The number of hydrogen-bond donors (Lipinski definition) is 4. The number of carboxylic acid groups (broad SMARTS) is 1. The summed E-state index contributed by atoms with van der Waals surface area (Å²) in [6.07, 6.45) is 4.20. The Morgan fingerprint density at radius 1 is 1.12 bits per heavy atom. The van der Waals surface area contributed by atoms with Crippen LogP contribution < -0.4 is 10.9 Å². The number of fused-ring (bicyclic) bond motifs is 1. The zero-order chi connectivity index (χ0) is 24.0. The van der Waals surface area contributed by atoms with Crippen LogP contribution in [0.4, 0.5) is 11.4 Å². The fourth-order valence-corrected chi connectivity index (χ4v) is 5.30. The molecule has 0 unspecified atom stereocenters. The molecule has 34 heavy (non-hydrogen) atoms. The van der Waals surface area contributed by atoms with Crippen molar-refractivity contribution in [3.8, 4) is 21.9 Å². The lowest BCUT2D eigenvalue weighted by atomic mass is 9.86. The first-order valence-corrected chi connectivity index (χ1v) is 11.9. The molecular weight excluding hydrogens is 448 g/mol. The second-order valence-electron chi connectivity index (χ2n) is 9.22. The quantitative estimate of drug-likeness (QED) is 0.203. The molecule has 2 aromatic carbocycles. The number of hydrazine groups is 1. The number of aromatic nitrogens is 2. The van der Waals surface area contributed by atoms with Crippen molar-refractivity contribution in [3.05, 3.63) is 76.4 Å². The number of carboxylic acids is 1. The number of hydrogen-bond acceptors (Lipinski definition) is 6. The van der Waals surface area contributed by atoms with Crippen LogP contribution in [0.1, 0.15) is 46.8 Å². The van der Waals surface area contributed by atoms with E-state index in [0.29, 0.717) is 16.1 Å². The predicted molar refractivity (Wildman–Crippen MR) is 135 cm³/mol. The number of phenols is 1. The molecule has 0 spiro atoms. The summed E-state index contributed by atoms with van der Waals surface area (Å²) in [5.41, 5.74) is 12.8. The van der Waals surface area contributed by atoms with Crippen molar-refractivity contribution in [2.24, 2.45) is 0 Å². The van der Waals surface area contributed by atoms with Crippen molar-refractivity contribution in [1.82, 2.24) is 9.78 Å². The number of phenolic OH excluding ortho intramolecular Hbond substituents is 1. The van der Waals surface area contributed by atoms with E-state index in [1.165, 1.54) is 17.2 Å². The maximum absolute atomic E-state index is 11.2. The van der Waals surface area contributed by atoms with E-state index in [1.807, 2.05) is 23.9 Å². The molecule has 0 saturated carbocycles. The monoisotopic (exact) mass is 474 g/mol. The zero-order valence-electron chi connectivity index (χ0n) is 19.2. The van der Waals surface area contributed by atoms with Crippen LogP contribution in [0.25, 0.3) is 16.1 Å². The number of nitrogens with zero attached hydrogens (tertiary/aromatic N) is 2. The first-order valence-electron chi connectivity index (χ1n) is 11.1. The van der Waals surface area contributed by atoms with Crippen LogP contribution in [-0.4, -0.2) is 26.0 Å². The smallest absolute Gasteiger partial charge is 0.345 e. The average Bonchev–Trinajstić information content (AvgIpc) is 3.51. The van der Waals surface area contributed by atoms with Crippen LogP contribution in [0.5, 0.6) is 5.75 Å². The molecule has 0 amide bonds. The molecule has 0 bridgehead atoms. The first-order chi connectivity index (χ1) is 16.2.